The summed E-state index contributed by atoms with van der Waals surface area (Å²) in [5.74, 6) is -0.211. The Bertz CT molecular complexity index is 702. The highest BCUT2D eigenvalue weighted by Gasteiger charge is 2.72. The topological polar surface area (TPSA) is 121 Å². The lowest BCUT2D eigenvalue weighted by Gasteiger charge is -2.65. The molecule has 0 amide bonds. The molecule has 0 bridgehead atoms. The summed E-state index contributed by atoms with van der Waals surface area (Å²) >= 11 is 0. The largest absolute Gasteiger partial charge is 0.396 e. The second-order valence-corrected chi connectivity index (χ2v) is 13.1. The fourth-order valence-corrected chi connectivity index (χ4v) is 9.57. The number of aliphatic hydroxyl groups is 6. The van der Waals surface area contributed by atoms with Crippen molar-refractivity contribution in [3.05, 3.63) is 0 Å². The molecular weight excluding hydrogens is 420 g/mol. The highest BCUT2D eigenvalue weighted by molar-refractivity contribution is 5.21. The first kappa shape index (κ1) is 25.8. The van der Waals surface area contributed by atoms with Crippen molar-refractivity contribution in [3.8, 4) is 0 Å². The summed E-state index contributed by atoms with van der Waals surface area (Å²) in [6.45, 7) is 8.70. The van der Waals surface area contributed by atoms with Crippen LogP contribution in [0, 0.1) is 46.3 Å². The Hall–Kier alpha value is -0.240. The van der Waals surface area contributed by atoms with Crippen LogP contribution in [0.15, 0.2) is 0 Å². The van der Waals surface area contributed by atoms with Crippen LogP contribution in [-0.2, 0) is 0 Å². The Kier molecular flexibility index (Phi) is 7.05. The molecule has 0 aromatic carbocycles. The van der Waals surface area contributed by atoms with Crippen LogP contribution < -0.4 is 0 Å². The minimum atomic E-state index is -1.22. The number of rotatable bonds is 6. The van der Waals surface area contributed by atoms with E-state index in [1.807, 2.05) is 6.92 Å². The monoisotopic (exact) mass is 468 g/mol. The molecule has 0 spiro atoms. The van der Waals surface area contributed by atoms with E-state index in [9.17, 15) is 30.6 Å². The van der Waals surface area contributed by atoms with E-state index >= 15 is 0 Å². The summed E-state index contributed by atoms with van der Waals surface area (Å²) in [5, 5.41) is 65.7. The van der Waals surface area contributed by atoms with Gasteiger partial charge in [-0.1, -0.05) is 40.5 Å². The average Bonchev–Trinajstić information content (AvgIpc) is 2.95. The normalized spacial score (nSPS) is 53.6. The molecule has 6 heteroatoms. The van der Waals surface area contributed by atoms with Crippen molar-refractivity contribution in [1.82, 2.24) is 0 Å². The number of fused-ring (bicyclic) bond motifs is 5. The molecule has 4 fully saturated rings. The Balaban J connectivity index is 1.61. The third-order valence-electron chi connectivity index (χ3n) is 11.1. The molecule has 0 aliphatic heterocycles. The van der Waals surface area contributed by atoms with Gasteiger partial charge in [-0.25, -0.2) is 0 Å². The van der Waals surface area contributed by atoms with Crippen LogP contribution in [0.2, 0.25) is 0 Å². The van der Waals surface area contributed by atoms with E-state index in [0.717, 1.165) is 38.5 Å². The fourth-order valence-electron chi connectivity index (χ4n) is 9.57. The van der Waals surface area contributed by atoms with Crippen LogP contribution >= 0.6 is 0 Å². The van der Waals surface area contributed by atoms with Crippen molar-refractivity contribution in [1.29, 1.82) is 0 Å². The van der Waals surface area contributed by atoms with Crippen LogP contribution in [0.25, 0.3) is 0 Å². The van der Waals surface area contributed by atoms with Crippen molar-refractivity contribution in [3.63, 3.8) is 0 Å². The standard InChI is InChI=1S/C27H48O6/c1-15(14-28)6-5-7-16(2)21-22(31)23(32)24-26(21,4)11-9-20-25(3)10-8-17(29)12-18(25)19(30)13-27(20,24)33/h15-24,28-33H,5-14H2,1-4H3/t15?,16-,17+,18-,19+,20-,21+,22-,23-,24-,25+,26-,27+/m1/s1. The molecule has 6 nitrogen and oxygen atoms in total. The maximum Gasteiger partial charge on any atom is 0.0863 e. The molecule has 6 N–H and O–H groups in total. The zero-order chi connectivity index (χ0) is 24.3. The Morgan fingerprint density at radius 2 is 1.58 bits per heavy atom. The maximum absolute atomic E-state index is 12.3. The summed E-state index contributed by atoms with van der Waals surface area (Å²) in [5.41, 5.74) is -1.90. The third-order valence-corrected chi connectivity index (χ3v) is 11.1. The summed E-state index contributed by atoms with van der Waals surface area (Å²) in [6, 6.07) is 0. The predicted octanol–water partition coefficient (Wildman–Crippen LogP) is 2.47. The predicted molar refractivity (Wildman–Crippen MR) is 126 cm³/mol. The van der Waals surface area contributed by atoms with Gasteiger partial charge in [-0.3, -0.25) is 0 Å². The zero-order valence-corrected chi connectivity index (χ0v) is 21.0. The number of aliphatic hydroxyl groups excluding tert-OH is 5. The molecule has 4 aliphatic rings. The molecule has 1 unspecified atom stereocenters. The van der Waals surface area contributed by atoms with E-state index in [0.29, 0.717) is 12.8 Å². The molecule has 4 saturated carbocycles. The van der Waals surface area contributed by atoms with Crippen molar-refractivity contribution in [2.24, 2.45) is 46.3 Å². The lowest BCUT2D eigenvalue weighted by atomic mass is 9.42. The lowest BCUT2D eigenvalue weighted by molar-refractivity contribution is -0.264. The number of hydrogen-bond donors (Lipinski definition) is 6. The van der Waals surface area contributed by atoms with Crippen molar-refractivity contribution in [2.45, 2.75) is 115 Å². The molecule has 0 aromatic heterocycles. The second kappa shape index (κ2) is 9.01. The smallest absolute Gasteiger partial charge is 0.0863 e. The molecule has 0 radical (unpaired) electrons. The highest BCUT2D eigenvalue weighted by atomic mass is 16.3. The lowest BCUT2D eigenvalue weighted by Crippen LogP contribution is -2.68. The SMILES string of the molecule is CC(CO)CCC[C@@H](C)[C@H]1[C@@H](O)[C@@H](O)[C@@H]2[C@]1(C)CC[C@@H]1[C@@]3(C)CC[C@H](O)C[C@@H]3[C@@H](O)C[C@]12O. The van der Waals surface area contributed by atoms with Gasteiger partial charge in [0.05, 0.1) is 30.0 Å². The van der Waals surface area contributed by atoms with Gasteiger partial charge >= 0.3 is 0 Å². The highest BCUT2D eigenvalue weighted by Crippen LogP contribution is 2.69. The Morgan fingerprint density at radius 3 is 2.24 bits per heavy atom. The van der Waals surface area contributed by atoms with Gasteiger partial charge in [-0.15, -0.1) is 0 Å². The van der Waals surface area contributed by atoms with Gasteiger partial charge in [0.25, 0.3) is 0 Å². The van der Waals surface area contributed by atoms with Gasteiger partial charge in [0.15, 0.2) is 0 Å². The van der Waals surface area contributed by atoms with Crippen molar-refractivity contribution < 1.29 is 30.6 Å². The zero-order valence-electron chi connectivity index (χ0n) is 21.0. The maximum atomic E-state index is 12.3. The molecule has 33 heavy (non-hydrogen) atoms. The molecule has 0 heterocycles. The van der Waals surface area contributed by atoms with Gasteiger partial charge in [0.2, 0.25) is 0 Å². The van der Waals surface area contributed by atoms with E-state index in [1.165, 1.54) is 0 Å². The van der Waals surface area contributed by atoms with E-state index < -0.39 is 41.3 Å². The third kappa shape index (κ3) is 3.92. The first-order chi connectivity index (χ1) is 15.4. The second-order valence-electron chi connectivity index (χ2n) is 13.1. The fraction of sp³-hybridized carbons (Fsp3) is 1.00. The van der Waals surface area contributed by atoms with E-state index in [-0.39, 0.29) is 48.0 Å². The molecule has 0 aromatic rings. The molecule has 4 rings (SSSR count). The summed E-state index contributed by atoms with van der Waals surface area (Å²) in [4.78, 5) is 0. The van der Waals surface area contributed by atoms with Crippen LogP contribution in [0.3, 0.4) is 0 Å². The summed E-state index contributed by atoms with van der Waals surface area (Å²) < 4.78 is 0. The molecule has 192 valence electrons. The van der Waals surface area contributed by atoms with Gasteiger partial charge < -0.3 is 30.6 Å². The van der Waals surface area contributed by atoms with Crippen molar-refractivity contribution >= 4 is 0 Å². The van der Waals surface area contributed by atoms with Gasteiger partial charge in [-0.2, -0.15) is 0 Å². The minimum Gasteiger partial charge on any atom is -0.396 e. The summed E-state index contributed by atoms with van der Waals surface area (Å²) in [7, 11) is 0. The molecular formula is C27H48O6. The van der Waals surface area contributed by atoms with Crippen molar-refractivity contribution in [2.75, 3.05) is 6.61 Å². The van der Waals surface area contributed by atoms with Gasteiger partial charge in [0, 0.05) is 18.9 Å². The first-order valence-corrected chi connectivity index (χ1v) is 13.5. The average molecular weight is 469 g/mol. The van der Waals surface area contributed by atoms with E-state index in [1.54, 1.807) is 0 Å². The van der Waals surface area contributed by atoms with Gasteiger partial charge in [0.1, 0.15) is 0 Å². The molecule has 4 aliphatic carbocycles. The van der Waals surface area contributed by atoms with Crippen LogP contribution in [0.5, 0.6) is 0 Å². The Morgan fingerprint density at radius 1 is 0.909 bits per heavy atom. The van der Waals surface area contributed by atoms with E-state index in [2.05, 4.69) is 20.8 Å². The Labute approximate surface area is 199 Å². The number of hydrogen-bond acceptors (Lipinski definition) is 6. The first-order valence-electron chi connectivity index (χ1n) is 13.5. The quantitative estimate of drug-likeness (QED) is 0.356. The van der Waals surface area contributed by atoms with Crippen LogP contribution in [0.1, 0.15) is 85.5 Å². The molecule has 0 saturated heterocycles. The summed E-state index contributed by atoms with van der Waals surface area (Å²) in [6.07, 6.45) is 3.75. The van der Waals surface area contributed by atoms with Crippen LogP contribution in [0.4, 0.5) is 0 Å². The molecule has 13 atom stereocenters. The van der Waals surface area contributed by atoms with Crippen LogP contribution in [-0.4, -0.2) is 67.3 Å². The minimum absolute atomic E-state index is 0.0393. The van der Waals surface area contributed by atoms with Gasteiger partial charge in [-0.05, 0) is 78.9 Å². The van der Waals surface area contributed by atoms with E-state index in [4.69, 9.17) is 0 Å².